The fraction of sp³-hybridized carbons (Fsp3) is 0.333. The molecule has 1 aliphatic carbocycles. The Morgan fingerprint density at radius 1 is 1.17 bits per heavy atom. The maximum atomic E-state index is 13.1. The van der Waals surface area contributed by atoms with Gasteiger partial charge in [-0.2, -0.15) is 5.10 Å². The summed E-state index contributed by atoms with van der Waals surface area (Å²) < 4.78 is 16.6. The lowest BCUT2D eigenvalue weighted by atomic mass is 9.76. The van der Waals surface area contributed by atoms with E-state index in [9.17, 15) is 9.35 Å². The van der Waals surface area contributed by atoms with Crippen LogP contribution in [-0.2, 0) is 31.3 Å². The van der Waals surface area contributed by atoms with E-state index in [1.165, 1.54) is 15.8 Å². The van der Waals surface area contributed by atoms with E-state index in [0.29, 0.717) is 6.42 Å². The molecule has 1 aromatic heterocycles. The highest BCUT2D eigenvalue weighted by molar-refractivity contribution is 7.88. The van der Waals surface area contributed by atoms with Crippen LogP contribution in [0.2, 0.25) is 0 Å². The first-order valence-electron chi connectivity index (χ1n) is 10.2. The Morgan fingerprint density at radius 3 is 2.63 bits per heavy atom. The number of rotatable bonds is 5. The smallest absolute Gasteiger partial charge is 0.270 e. The van der Waals surface area contributed by atoms with Crippen molar-refractivity contribution in [3.63, 3.8) is 0 Å². The zero-order valence-corrected chi connectivity index (χ0v) is 18.4. The van der Waals surface area contributed by atoms with Gasteiger partial charge >= 0.3 is 0 Å². The zero-order valence-electron chi connectivity index (χ0n) is 17.6. The molecular weight excluding hydrogens is 394 g/mol. The molecule has 30 heavy (non-hydrogen) atoms. The topological polar surface area (TPSA) is 70.0 Å². The van der Waals surface area contributed by atoms with E-state index in [-0.39, 0.29) is 17.5 Å². The molecule has 4 rings (SSSR count). The Balaban J connectivity index is 1.75. The second-order valence-corrected chi connectivity index (χ2v) is 9.14. The van der Waals surface area contributed by atoms with Gasteiger partial charge in [-0.25, -0.2) is 4.68 Å². The fourth-order valence-electron chi connectivity index (χ4n) is 4.59. The highest BCUT2D eigenvalue weighted by atomic mass is 32.2. The van der Waals surface area contributed by atoms with E-state index in [4.69, 9.17) is 0 Å². The van der Waals surface area contributed by atoms with Crippen LogP contribution in [-0.4, -0.2) is 26.6 Å². The monoisotopic (exact) mass is 421 g/mol. The Morgan fingerprint density at radius 2 is 1.90 bits per heavy atom. The van der Waals surface area contributed by atoms with Crippen molar-refractivity contribution in [3.05, 3.63) is 87.3 Å². The molecular formula is C24H27N3O2S. The van der Waals surface area contributed by atoms with Gasteiger partial charge in [0.25, 0.3) is 5.56 Å². The van der Waals surface area contributed by atoms with Crippen LogP contribution in [0.3, 0.4) is 0 Å². The molecule has 0 aliphatic heterocycles. The Labute approximate surface area is 180 Å². The van der Waals surface area contributed by atoms with E-state index in [1.807, 2.05) is 25.1 Å². The normalized spacial score (nSPS) is 19.3. The molecule has 0 fully saturated rings. The van der Waals surface area contributed by atoms with E-state index in [1.54, 1.807) is 13.3 Å². The Bertz CT molecular complexity index is 1100. The van der Waals surface area contributed by atoms with Crippen molar-refractivity contribution in [3.8, 4) is 11.1 Å². The predicted molar refractivity (Wildman–Crippen MR) is 122 cm³/mol. The highest BCUT2D eigenvalue weighted by Crippen LogP contribution is 2.34. The third kappa shape index (κ3) is 4.21. The SMILES string of the molecule is Cc1nn(C)c(=O)c2c1CCC(N[S+](C)[O-])C2Cc1cccc(-c2ccccc2)c1. The number of nitrogens with one attached hydrogen (secondary N) is 1. The van der Waals surface area contributed by atoms with E-state index in [2.05, 4.69) is 46.2 Å². The summed E-state index contributed by atoms with van der Waals surface area (Å²) in [6, 6.07) is 18.8. The minimum Gasteiger partial charge on any atom is -0.598 e. The summed E-state index contributed by atoms with van der Waals surface area (Å²) in [7, 11) is 1.71. The molecule has 1 aliphatic rings. The highest BCUT2D eigenvalue weighted by Gasteiger charge is 2.35. The maximum Gasteiger partial charge on any atom is 0.270 e. The molecule has 3 unspecified atom stereocenters. The van der Waals surface area contributed by atoms with Crippen molar-refractivity contribution in [2.75, 3.05) is 6.26 Å². The average molecular weight is 422 g/mol. The largest absolute Gasteiger partial charge is 0.598 e. The van der Waals surface area contributed by atoms with Crippen LogP contribution in [0.15, 0.2) is 59.4 Å². The number of hydrogen-bond acceptors (Lipinski definition) is 4. The number of benzene rings is 2. The summed E-state index contributed by atoms with van der Waals surface area (Å²) in [6.07, 6.45) is 3.98. The van der Waals surface area contributed by atoms with Gasteiger partial charge in [-0.15, -0.1) is 4.72 Å². The molecule has 1 N–H and O–H groups in total. The molecule has 1 heterocycles. The first-order chi connectivity index (χ1) is 14.4. The third-order valence-electron chi connectivity index (χ3n) is 5.96. The van der Waals surface area contributed by atoms with Gasteiger partial charge in [0.05, 0.1) is 11.7 Å². The molecule has 0 spiro atoms. The van der Waals surface area contributed by atoms with E-state index < -0.39 is 11.4 Å². The van der Waals surface area contributed by atoms with Crippen molar-refractivity contribution < 1.29 is 4.55 Å². The first kappa shape index (κ1) is 20.8. The lowest BCUT2D eigenvalue weighted by Crippen LogP contribution is -2.45. The summed E-state index contributed by atoms with van der Waals surface area (Å²) in [6.45, 7) is 1.97. The minimum atomic E-state index is -1.14. The Hall–Kier alpha value is -2.41. The zero-order chi connectivity index (χ0) is 21.3. The summed E-state index contributed by atoms with van der Waals surface area (Å²) in [5.74, 6) is -0.0518. The van der Waals surface area contributed by atoms with Crippen LogP contribution < -0.4 is 10.3 Å². The minimum absolute atomic E-state index is 0.0155. The van der Waals surface area contributed by atoms with E-state index >= 15 is 0 Å². The van der Waals surface area contributed by atoms with Crippen LogP contribution >= 0.6 is 0 Å². The van der Waals surface area contributed by atoms with Gasteiger partial charge in [-0.1, -0.05) is 54.6 Å². The quantitative estimate of drug-likeness (QED) is 0.642. The van der Waals surface area contributed by atoms with Gasteiger partial charge in [0.15, 0.2) is 0 Å². The van der Waals surface area contributed by atoms with Gasteiger partial charge in [-0.3, -0.25) is 4.79 Å². The number of hydrogen-bond donors (Lipinski definition) is 1. The first-order valence-corrected chi connectivity index (χ1v) is 11.8. The number of aryl methyl sites for hydroxylation is 2. The van der Waals surface area contributed by atoms with E-state index in [0.717, 1.165) is 35.2 Å². The third-order valence-corrected chi connectivity index (χ3v) is 6.59. The summed E-state index contributed by atoms with van der Waals surface area (Å²) in [5, 5.41) is 4.39. The summed E-state index contributed by atoms with van der Waals surface area (Å²) in [5.41, 5.74) is 6.24. The second-order valence-electron chi connectivity index (χ2n) is 8.00. The van der Waals surface area contributed by atoms with Gasteiger partial charge in [0.2, 0.25) is 0 Å². The van der Waals surface area contributed by atoms with Gasteiger partial charge < -0.3 is 4.55 Å². The van der Waals surface area contributed by atoms with Crippen molar-refractivity contribution in [2.45, 2.75) is 38.1 Å². The molecule has 2 aromatic carbocycles. The molecule has 3 aromatic rings. The van der Waals surface area contributed by atoms with Crippen molar-refractivity contribution in [1.82, 2.24) is 14.5 Å². The molecule has 0 saturated heterocycles. The van der Waals surface area contributed by atoms with Crippen LogP contribution in [0.5, 0.6) is 0 Å². The summed E-state index contributed by atoms with van der Waals surface area (Å²) >= 11 is -1.14. The molecule has 0 saturated carbocycles. The van der Waals surface area contributed by atoms with Crippen molar-refractivity contribution >= 4 is 11.4 Å². The molecule has 0 bridgehead atoms. The molecule has 0 amide bonds. The van der Waals surface area contributed by atoms with Crippen LogP contribution in [0.4, 0.5) is 0 Å². The lowest BCUT2D eigenvalue weighted by molar-refractivity contribution is 0.419. The van der Waals surface area contributed by atoms with Gasteiger partial charge in [-0.05, 0) is 48.4 Å². The molecule has 6 heteroatoms. The van der Waals surface area contributed by atoms with Crippen LogP contribution in [0, 0.1) is 6.92 Å². The number of aromatic nitrogens is 2. The van der Waals surface area contributed by atoms with Crippen molar-refractivity contribution in [1.29, 1.82) is 0 Å². The number of fused-ring (bicyclic) bond motifs is 1. The standard InChI is InChI=1S/C24H27N3O2S/c1-16-20-12-13-22(26-30(3)29)21(23(20)24(28)27(2)25-16)15-17-8-7-11-19(14-17)18-9-5-4-6-10-18/h4-11,14,21-22,26H,12-13,15H2,1-3H3. The number of nitrogens with zero attached hydrogens (tertiary/aromatic N) is 2. The van der Waals surface area contributed by atoms with Gasteiger partial charge in [0, 0.05) is 29.9 Å². The molecule has 3 atom stereocenters. The lowest BCUT2D eigenvalue weighted by Gasteiger charge is -2.33. The van der Waals surface area contributed by atoms with Crippen molar-refractivity contribution in [2.24, 2.45) is 7.05 Å². The average Bonchev–Trinajstić information content (AvgIpc) is 2.73. The fourth-order valence-corrected chi connectivity index (χ4v) is 5.30. The molecule has 156 valence electrons. The second kappa shape index (κ2) is 8.76. The van der Waals surface area contributed by atoms with Gasteiger partial charge in [0.1, 0.15) is 6.26 Å². The van der Waals surface area contributed by atoms with Crippen LogP contribution in [0.1, 0.15) is 34.7 Å². The maximum absolute atomic E-state index is 13.1. The van der Waals surface area contributed by atoms with Crippen LogP contribution in [0.25, 0.3) is 11.1 Å². The predicted octanol–water partition coefficient (Wildman–Crippen LogP) is 3.28. The Kier molecular flexibility index (Phi) is 6.09. The molecule has 5 nitrogen and oxygen atoms in total. The summed E-state index contributed by atoms with van der Waals surface area (Å²) in [4.78, 5) is 13.1. The molecule has 0 radical (unpaired) electrons.